The fraction of sp³-hybridized carbons (Fsp3) is 0.500. The molecule has 0 saturated heterocycles. The van der Waals surface area contributed by atoms with Crippen LogP contribution in [-0.2, 0) is 9.53 Å². The quantitative estimate of drug-likeness (QED) is 0.645. The lowest BCUT2D eigenvalue weighted by molar-refractivity contribution is -0.142. The predicted octanol–water partition coefficient (Wildman–Crippen LogP) is 1.74. The summed E-state index contributed by atoms with van der Waals surface area (Å²) >= 11 is 5.64. The molecule has 0 aliphatic carbocycles. The fourth-order valence-electron chi connectivity index (χ4n) is 1.20. The molecule has 0 radical (unpaired) electrons. The van der Waals surface area contributed by atoms with E-state index >= 15 is 0 Å². The number of nitrogens with one attached hydrogen (secondary N) is 1. The number of nitrogens with zero attached hydrogens (tertiary/aromatic N) is 2. The van der Waals surface area contributed by atoms with Crippen LogP contribution in [0.4, 0.5) is 5.82 Å². The van der Waals surface area contributed by atoms with Gasteiger partial charge in [-0.3, -0.25) is 0 Å². The van der Waals surface area contributed by atoms with Crippen LogP contribution in [-0.4, -0.2) is 29.1 Å². The number of aromatic nitrogens is 2. The molecule has 1 heterocycles. The van der Waals surface area contributed by atoms with E-state index in [1.165, 1.54) is 13.3 Å². The largest absolute Gasteiger partial charge is 0.467 e. The van der Waals surface area contributed by atoms with Gasteiger partial charge in [-0.15, -0.1) is 0 Å². The van der Waals surface area contributed by atoms with Crippen molar-refractivity contribution in [2.24, 2.45) is 5.92 Å². The van der Waals surface area contributed by atoms with Crippen LogP contribution in [0.3, 0.4) is 0 Å². The van der Waals surface area contributed by atoms with E-state index in [4.69, 9.17) is 16.3 Å². The maximum Gasteiger partial charge on any atom is 0.328 e. The number of anilines is 1. The lowest BCUT2D eigenvalue weighted by atomic mass is 10.1. The second kappa shape index (κ2) is 5.65. The van der Waals surface area contributed by atoms with E-state index in [0.717, 1.165) is 0 Å². The zero-order chi connectivity index (χ0) is 12.1. The smallest absolute Gasteiger partial charge is 0.328 e. The molecule has 1 atom stereocenters. The Morgan fingerprint density at radius 2 is 2.25 bits per heavy atom. The average Bonchev–Trinajstić information content (AvgIpc) is 2.24. The molecular formula is C10H14ClN3O2. The van der Waals surface area contributed by atoms with Crippen LogP contribution in [0.2, 0.25) is 5.28 Å². The molecule has 1 aromatic heterocycles. The number of rotatable bonds is 4. The number of esters is 1. The van der Waals surface area contributed by atoms with Gasteiger partial charge in [0, 0.05) is 6.20 Å². The summed E-state index contributed by atoms with van der Waals surface area (Å²) in [6.45, 7) is 3.83. The highest BCUT2D eigenvalue weighted by molar-refractivity contribution is 6.28. The second-order valence-corrected chi connectivity index (χ2v) is 3.94. The molecule has 0 fully saturated rings. The van der Waals surface area contributed by atoms with Crippen molar-refractivity contribution in [2.75, 3.05) is 12.4 Å². The summed E-state index contributed by atoms with van der Waals surface area (Å²) in [4.78, 5) is 19.2. The van der Waals surface area contributed by atoms with Crippen molar-refractivity contribution in [3.8, 4) is 0 Å². The van der Waals surface area contributed by atoms with Crippen molar-refractivity contribution in [2.45, 2.75) is 19.9 Å². The highest BCUT2D eigenvalue weighted by Crippen LogP contribution is 2.12. The minimum atomic E-state index is -0.448. The Hall–Kier alpha value is -1.36. The minimum absolute atomic E-state index is 0.0844. The number of hydrogen-bond donors (Lipinski definition) is 1. The summed E-state index contributed by atoms with van der Waals surface area (Å²) in [6, 6.07) is 1.19. The highest BCUT2D eigenvalue weighted by Gasteiger charge is 2.23. The van der Waals surface area contributed by atoms with Crippen molar-refractivity contribution >= 4 is 23.4 Å². The molecule has 6 heteroatoms. The molecule has 0 aliphatic rings. The molecule has 0 aromatic carbocycles. The van der Waals surface area contributed by atoms with E-state index in [1.54, 1.807) is 6.07 Å². The molecule has 88 valence electrons. The second-order valence-electron chi connectivity index (χ2n) is 3.60. The van der Waals surface area contributed by atoms with Crippen molar-refractivity contribution in [1.29, 1.82) is 0 Å². The van der Waals surface area contributed by atoms with Gasteiger partial charge < -0.3 is 10.1 Å². The van der Waals surface area contributed by atoms with Gasteiger partial charge in [-0.2, -0.15) is 0 Å². The Labute approximate surface area is 99.2 Å². The molecule has 0 saturated carbocycles. The summed E-state index contributed by atoms with van der Waals surface area (Å²) in [5.41, 5.74) is 0. The van der Waals surface area contributed by atoms with E-state index in [2.05, 4.69) is 15.3 Å². The summed E-state index contributed by atoms with van der Waals surface area (Å²) < 4.78 is 4.70. The summed E-state index contributed by atoms with van der Waals surface area (Å²) in [7, 11) is 1.35. The van der Waals surface area contributed by atoms with E-state index in [0.29, 0.717) is 5.82 Å². The third kappa shape index (κ3) is 3.34. The molecule has 5 nitrogen and oxygen atoms in total. The number of carbonyl (C=O) groups excluding carboxylic acids is 1. The molecule has 1 unspecified atom stereocenters. The molecule has 1 N–H and O–H groups in total. The van der Waals surface area contributed by atoms with Gasteiger partial charge in [-0.25, -0.2) is 14.8 Å². The maximum atomic E-state index is 11.5. The van der Waals surface area contributed by atoms with Crippen LogP contribution in [0, 0.1) is 5.92 Å². The first-order valence-electron chi connectivity index (χ1n) is 4.87. The van der Waals surface area contributed by atoms with Crippen molar-refractivity contribution in [3.63, 3.8) is 0 Å². The van der Waals surface area contributed by atoms with Gasteiger partial charge in [0.2, 0.25) is 5.28 Å². The Kier molecular flexibility index (Phi) is 4.49. The third-order valence-corrected chi connectivity index (χ3v) is 2.23. The number of ether oxygens (including phenoxy) is 1. The Balaban J connectivity index is 2.79. The first kappa shape index (κ1) is 12.7. The molecule has 0 amide bonds. The van der Waals surface area contributed by atoms with Crippen LogP contribution in [0.25, 0.3) is 0 Å². The van der Waals surface area contributed by atoms with Gasteiger partial charge >= 0.3 is 5.97 Å². The molecule has 0 aliphatic heterocycles. The van der Waals surface area contributed by atoms with Crippen molar-refractivity contribution < 1.29 is 9.53 Å². The fourth-order valence-corrected chi connectivity index (χ4v) is 1.35. The van der Waals surface area contributed by atoms with E-state index in [1.807, 2.05) is 13.8 Å². The van der Waals surface area contributed by atoms with Gasteiger partial charge in [0.15, 0.2) is 0 Å². The minimum Gasteiger partial charge on any atom is -0.467 e. The number of methoxy groups -OCH3 is 1. The standard InChI is InChI=1S/C10H14ClN3O2/c1-6(2)8(9(15)16-3)13-7-4-5-12-10(11)14-7/h4-6,8H,1-3H3,(H,12,13,14). The van der Waals surface area contributed by atoms with Crippen LogP contribution < -0.4 is 5.32 Å². The summed E-state index contributed by atoms with van der Waals surface area (Å²) in [6.07, 6.45) is 1.52. The topological polar surface area (TPSA) is 64.1 Å². The van der Waals surface area contributed by atoms with Crippen LogP contribution >= 0.6 is 11.6 Å². The molecule has 16 heavy (non-hydrogen) atoms. The normalized spacial score (nSPS) is 12.3. The van der Waals surface area contributed by atoms with Gasteiger partial charge in [-0.05, 0) is 23.6 Å². The average molecular weight is 244 g/mol. The molecular weight excluding hydrogens is 230 g/mol. The van der Waals surface area contributed by atoms with Crippen LogP contribution in [0.15, 0.2) is 12.3 Å². The van der Waals surface area contributed by atoms with E-state index < -0.39 is 6.04 Å². The van der Waals surface area contributed by atoms with Crippen LogP contribution in [0.1, 0.15) is 13.8 Å². The summed E-state index contributed by atoms with van der Waals surface area (Å²) in [5.74, 6) is 0.259. The third-order valence-electron chi connectivity index (χ3n) is 2.05. The maximum absolute atomic E-state index is 11.5. The number of halogens is 1. The zero-order valence-electron chi connectivity index (χ0n) is 9.40. The summed E-state index contributed by atoms with van der Waals surface area (Å²) in [5, 5.41) is 3.10. The van der Waals surface area contributed by atoms with Crippen molar-refractivity contribution in [1.82, 2.24) is 9.97 Å². The molecule has 1 rings (SSSR count). The van der Waals surface area contributed by atoms with Gasteiger partial charge in [0.25, 0.3) is 0 Å². The highest BCUT2D eigenvalue weighted by atomic mass is 35.5. The number of hydrogen-bond acceptors (Lipinski definition) is 5. The molecule has 1 aromatic rings. The lowest BCUT2D eigenvalue weighted by Gasteiger charge is -2.20. The van der Waals surface area contributed by atoms with Crippen LogP contribution in [0.5, 0.6) is 0 Å². The molecule has 0 bridgehead atoms. The first-order valence-corrected chi connectivity index (χ1v) is 5.25. The van der Waals surface area contributed by atoms with Gasteiger partial charge in [-0.1, -0.05) is 13.8 Å². The monoisotopic (exact) mass is 243 g/mol. The van der Waals surface area contributed by atoms with E-state index in [9.17, 15) is 4.79 Å². The van der Waals surface area contributed by atoms with Crippen molar-refractivity contribution in [3.05, 3.63) is 17.5 Å². The molecule has 0 spiro atoms. The Morgan fingerprint density at radius 1 is 1.56 bits per heavy atom. The first-order chi connectivity index (χ1) is 7.54. The Morgan fingerprint density at radius 3 is 2.75 bits per heavy atom. The SMILES string of the molecule is COC(=O)C(Nc1ccnc(Cl)n1)C(C)C. The Bertz CT molecular complexity index is 371. The van der Waals surface area contributed by atoms with E-state index in [-0.39, 0.29) is 17.2 Å². The van der Waals surface area contributed by atoms with Gasteiger partial charge in [0.05, 0.1) is 7.11 Å². The zero-order valence-corrected chi connectivity index (χ0v) is 10.2. The predicted molar refractivity (Wildman–Crippen MR) is 61.3 cm³/mol. The van der Waals surface area contributed by atoms with Gasteiger partial charge in [0.1, 0.15) is 11.9 Å². The number of carbonyl (C=O) groups is 1. The lowest BCUT2D eigenvalue weighted by Crippen LogP contribution is -2.35.